The molecule has 3 rings (SSSR count). The molecule has 0 saturated carbocycles. The van der Waals surface area contributed by atoms with Crippen molar-refractivity contribution in [3.63, 3.8) is 0 Å². The fourth-order valence-electron chi connectivity index (χ4n) is 2.90. The summed E-state index contributed by atoms with van der Waals surface area (Å²) in [5, 5.41) is 29.4. The molecule has 1 heterocycles. The number of benzene rings is 2. The Bertz CT molecular complexity index is 666. The molecule has 2 unspecified atom stereocenters. The van der Waals surface area contributed by atoms with Crippen LogP contribution in [0.4, 0.5) is 0 Å². The molecule has 2 aromatic carbocycles. The number of phenols is 3. The van der Waals surface area contributed by atoms with Crippen LogP contribution in [0.25, 0.3) is 0 Å². The van der Waals surface area contributed by atoms with Crippen molar-refractivity contribution in [2.24, 2.45) is 0 Å². The van der Waals surface area contributed by atoms with E-state index in [2.05, 4.69) is 0 Å². The largest absolute Gasteiger partial charge is 0.508 e. The van der Waals surface area contributed by atoms with Crippen molar-refractivity contribution in [2.75, 3.05) is 0 Å². The number of fused-ring (bicyclic) bond motifs is 1. The van der Waals surface area contributed by atoms with Crippen molar-refractivity contribution in [3.05, 3.63) is 53.1 Å². The summed E-state index contributed by atoms with van der Waals surface area (Å²) in [7, 11) is 0. The highest BCUT2D eigenvalue weighted by Crippen LogP contribution is 2.45. The molecule has 0 spiro atoms. The fourth-order valence-corrected chi connectivity index (χ4v) is 2.90. The predicted molar refractivity (Wildman–Crippen MR) is 78.4 cm³/mol. The highest BCUT2D eigenvalue weighted by atomic mass is 16.5. The molecule has 0 fully saturated rings. The van der Waals surface area contributed by atoms with Gasteiger partial charge in [0.25, 0.3) is 0 Å². The average molecular weight is 286 g/mol. The molecular weight excluding hydrogens is 268 g/mol. The minimum Gasteiger partial charge on any atom is -0.508 e. The highest BCUT2D eigenvalue weighted by molar-refractivity contribution is 5.51. The normalized spacial score (nSPS) is 21.0. The van der Waals surface area contributed by atoms with Crippen LogP contribution in [0.1, 0.15) is 42.2 Å². The van der Waals surface area contributed by atoms with Crippen molar-refractivity contribution in [1.82, 2.24) is 0 Å². The Morgan fingerprint density at radius 3 is 2.67 bits per heavy atom. The maximum absolute atomic E-state index is 10.1. The van der Waals surface area contributed by atoms with E-state index in [1.165, 1.54) is 6.07 Å². The molecule has 2 atom stereocenters. The summed E-state index contributed by atoms with van der Waals surface area (Å²) in [5.74, 6) is 0.00893. The molecule has 4 heteroatoms. The van der Waals surface area contributed by atoms with Crippen LogP contribution in [0.15, 0.2) is 36.4 Å². The highest BCUT2D eigenvalue weighted by Gasteiger charge is 2.30. The van der Waals surface area contributed by atoms with E-state index in [0.29, 0.717) is 6.42 Å². The van der Waals surface area contributed by atoms with E-state index in [9.17, 15) is 15.3 Å². The summed E-state index contributed by atoms with van der Waals surface area (Å²) >= 11 is 0. The Kier molecular flexibility index (Phi) is 3.47. The van der Waals surface area contributed by atoms with Gasteiger partial charge in [0.05, 0.1) is 12.2 Å². The zero-order chi connectivity index (χ0) is 15.0. The lowest BCUT2D eigenvalue weighted by Gasteiger charge is -2.32. The van der Waals surface area contributed by atoms with Crippen LogP contribution in [-0.2, 0) is 11.2 Å². The minimum absolute atomic E-state index is 0.0700. The number of ether oxygens (including phenoxy) is 1. The zero-order valence-corrected chi connectivity index (χ0v) is 11.8. The number of hydrogen-bond donors (Lipinski definition) is 3. The van der Waals surface area contributed by atoms with Gasteiger partial charge in [0.1, 0.15) is 5.75 Å². The van der Waals surface area contributed by atoms with Crippen molar-refractivity contribution in [1.29, 1.82) is 0 Å². The van der Waals surface area contributed by atoms with E-state index in [-0.39, 0.29) is 29.5 Å². The quantitative estimate of drug-likeness (QED) is 0.738. The second-order valence-corrected chi connectivity index (χ2v) is 5.32. The van der Waals surface area contributed by atoms with Gasteiger partial charge in [0, 0.05) is 12.0 Å². The number of phenolic OH excluding ortho intramolecular Hbond substituents is 3. The summed E-state index contributed by atoms with van der Waals surface area (Å²) in [6, 6.07) is 10.2. The van der Waals surface area contributed by atoms with E-state index < -0.39 is 0 Å². The van der Waals surface area contributed by atoms with Gasteiger partial charge in [-0.25, -0.2) is 0 Å². The van der Waals surface area contributed by atoms with Gasteiger partial charge in [-0.15, -0.1) is 0 Å². The standard InChI is InChI=1S/C17H18O4/c1-2-15-12-6-7-14(19)17(20)13(12)9-16(21-15)10-4-3-5-11(18)8-10/h3-8,15-16,18-20H,2,9H2,1H3. The van der Waals surface area contributed by atoms with Crippen LogP contribution in [-0.4, -0.2) is 15.3 Å². The SMILES string of the molecule is CCC1OC(c2cccc(O)c2)Cc2c1ccc(O)c2O. The Balaban J connectivity index is 2.03. The lowest BCUT2D eigenvalue weighted by atomic mass is 9.89. The summed E-state index contributed by atoms with van der Waals surface area (Å²) < 4.78 is 6.09. The van der Waals surface area contributed by atoms with Crippen molar-refractivity contribution in [3.8, 4) is 17.2 Å². The van der Waals surface area contributed by atoms with Gasteiger partial charge in [0.15, 0.2) is 11.5 Å². The second kappa shape index (κ2) is 5.30. The van der Waals surface area contributed by atoms with Crippen molar-refractivity contribution < 1.29 is 20.1 Å². The average Bonchev–Trinajstić information content (AvgIpc) is 2.50. The third kappa shape index (κ3) is 2.43. The number of aromatic hydroxyl groups is 3. The molecule has 0 amide bonds. The second-order valence-electron chi connectivity index (χ2n) is 5.32. The Morgan fingerprint density at radius 2 is 1.95 bits per heavy atom. The first-order chi connectivity index (χ1) is 10.1. The van der Waals surface area contributed by atoms with E-state index in [1.807, 2.05) is 13.0 Å². The first-order valence-electron chi connectivity index (χ1n) is 7.08. The molecule has 0 bridgehead atoms. The van der Waals surface area contributed by atoms with Crippen LogP contribution in [0, 0.1) is 0 Å². The molecule has 0 aliphatic carbocycles. The van der Waals surface area contributed by atoms with Crippen LogP contribution < -0.4 is 0 Å². The molecule has 0 radical (unpaired) electrons. The first-order valence-corrected chi connectivity index (χ1v) is 7.08. The van der Waals surface area contributed by atoms with Crippen LogP contribution >= 0.6 is 0 Å². The topological polar surface area (TPSA) is 69.9 Å². The summed E-state index contributed by atoms with van der Waals surface area (Å²) in [6.07, 6.45) is 0.858. The third-order valence-corrected chi connectivity index (χ3v) is 3.98. The Morgan fingerprint density at radius 1 is 1.14 bits per heavy atom. The molecule has 2 aromatic rings. The van der Waals surface area contributed by atoms with Crippen LogP contribution in [0.2, 0.25) is 0 Å². The molecular formula is C17H18O4. The van der Waals surface area contributed by atoms with Gasteiger partial charge in [0.2, 0.25) is 0 Å². The minimum atomic E-state index is -0.248. The molecule has 3 N–H and O–H groups in total. The molecule has 1 aliphatic rings. The van der Waals surface area contributed by atoms with Gasteiger partial charge in [-0.05, 0) is 35.7 Å². The molecule has 110 valence electrons. The lowest BCUT2D eigenvalue weighted by Crippen LogP contribution is -2.20. The van der Waals surface area contributed by atoms with E-state index in [4.69, 9.17) is 4.74 Å². The van der Waals surface area contributed by atoms with E-state index in [1.54, 1.807) is 24.3 Å². The van der Waals surface area contributed by atoms with Gasteiger partial charge >= 0.3 is 0 Å². The van der Waals surface area contributed by atoms with Crippen LogP contribution in [0.3, 0.4) is 0 Å². The van der Waals surface area contributed by atoms with Gasteiger partial charge in [-0.2, -0.15) is 0 Å². The molecule has 0 saturated heterocycles. The van der Waals surface area contributed by atoms with Gasteiger partial charge in [-0.1, -0.05) is 25.1 Å². The molecule has 4 nitrogen and oxygen atoms in total. The smallest absolute Gasteiger partial charge is 0.161 e. The summed E-state index contributed by atoms with van der Waals surface area (Å²) in [4.78, 5) is 0. The first kappa shape index (κ1) is 13.8. The van der Waals surface area contributed by atoms with Gasteiger partial charge < -0.3 is 20.1 Å². The Labute approximate surface area is 123 Å². The van der Waals surface area contributed by atoms with Crippen molar-refractivity contribution in [2.45, 2.75) is 32.0 Å². The predicted octanol–water partition coefficient (Wildman–Crippen LogP) is 3.57. The summed E-state index contributed by atoms with van der Waals surface area (Å²) in [5.41, 5.74) is 2.51. The fraction of sp³-hybridized carbons (Fsp3) is 0.294. The number of hydrogen-bond acceptors (Lipinski definition) is 4. The molecule has 21 heavy (non-hydrogen) atoms. The maximum Gasteiger partial charge on any atom is 0.161 e. The third-order valence-electron chi connectivity index (χ3n) is 3.98. The molecule has 0 aromatic heterocycles. The molecule has 1 aliphatic heterocycles. The van der Waals surface area contributed by atoms with Gasteiger partial charge in [-0.3, -0.25) is 0 Å². The Hall–Kier alpha value is -2.20. The van der Waals surface area contributed by atoms with E-state index >= 15 is 0 Å². The van der Waals surface area contributed by atoms with Crippen molar-refractivity contribution >= 4 is 0 Å². The zero-order valence-electron chi connectivity index (χ0n) is 11.8. The van der Waals surface area contributed by atoms with Crippen LogP contribution in [0.5, 0.6) is 17.2 Å². The summed E-state index contributed by atoms with van der Waals surface area (Å²) in [6.45, 7) is 2.02. The monoisotopic (exact) mass is 286 g/mol. The lowest BCUT2D eigenvalue weighted by molar-refractivity contribution is -0.0300. The van der Waals surface area contributed by atoms with E-state index in [0.717, 1.165) is 23.1 Å². The maximum atomic E-state index is 10.1. The number of rotatable bonds is 2.